The molecule has 3 heteroatoms. The van der Waals surface area contributed by atoms with Gasteiger partial charge < -0.3 is 5.73 Å². The highest BCUT2D eigenvalue weighted by Crippen LogP contribution is 2.25. The normalized spacial score (nSPS) is 12.4. The van der Waals surface area contributed by atoms with Gasteiger partial charge in [-0.15, -0.1) is 0 Å². The van der Waals surface area contributed by atoms with Crippen LogP contribution in [0, 0.1) is 0 Å². The standard InChI is InChI=1S/C21H19N3/c1-15(22)17-10-11-21-20(13-17)23-14-24(21)19-9-5-8-18(12-19)16-6-3-2-4-7-16/h2-15H,22H2,1H3. The van der Waals surface area contributed by atoms with Gasteiger partial charge >= 0.3 is 0 Å². The first-order valence-corrected chi connectivity index (χ1v) is 8.11. The second-order valence-electron chi connectivity index (χ2n) is 6.07. The summed E-state index contributed by atoms with van der Waals surface area (Å²) in [4.78, 5) is 4.55. The monoisotopic (exact) mass is 313 g/mol. The molecule has 0 bridgehead atoms. The smallest absolute Gasteiger partial charge is 0.100 e. The van der Waals surface area contributed by atoms with Crippen LogP contribution in [0.1, 0.15) is 18.5 Å². The molecule has 3 aromatic carbocycles. The molecule has 0 saturated heterocycles. The Bertz CT molecular complexity index is 984. The molecule has 4 aromatic rings. The molecular formula is C21H19N3. The van der Waals surface area contributed by atoms with E-state index in [9.17, 15) is 0 Å². The molecule has 0 spiro atoms. The first-order valence-electron chi connectivity index (χ1n) is 8.11. The van der Waals surface area contributed by atoms with Crippen LogP contribution in [0.4, 0.5) is 0 Å². The molecule has 24 heavy (non-hydrogen) atoms. The van der Waals surface area contributed by atoms with Gasteiger partial charge in [0, 0.05) is 11.7 Å². The Kier molecular flexibility index (Phi) is 3.63. The van der Waals surface area contributed by atoms with Gasteiger partial charge in [-0.1, -0.05) is 48.5 Å². The maximum atomic E-state index is 5.97. The molecule has 1 heterocycles. The number of hydrogen-bond donors (Lipinski definition) is 1. The molecule has 0 aliphatic carbocycles. The van der Waals surface area contributed by atoms with Gasteiger partial charge in [-0.25, -0.2) is 4.98 Å². The van der Waals surface area contributed by atoms with Gasteiger partial charge in [0.25, 0.3) is 0 Å². The van der Waals surface area contributed by atoms with E-state index in [1.807, 2.05) is 19.3 Å². The van der Waals surface area contributed by atoms with E-state index >= 15 is 0 Å². The van der Waals surface area contributed by atoms with E-state index in [0.717, 1.165) is 22.3 Å². The van der Waals surface area contributed by atoms with Gasteiger partial charge in [-0.2, -0.15) is 0 Å². The zero-order valence-corrected chi connectivity index (χ0v) is 13.6. The van der Waals surface area contributed by atoms with Gasteiger partial charge in [0.2, 0.25) is 0 Å². The SMILES string of the molecule is CC(N)c1ccc2c(c1)ncn2-c1cccc(-c2ccccc2)c1. The fourth-order valence-corrected chi connectivity index (χ4v) is 2.98. The Balaban J connectivity index is 1.81. The molecule has 1 aromatic heterocycles. The third kappa shape index (κ3) is 2.59. The molecular weight excluding hydrogens is 294 g/mol. The molecule has 2 N–H and O–H groups in total. The molecule has 0 aliphatic rings. The van der Waals surface area contributed by atoms with E-state index in [4.69, 9.17) is 5.73 Å². The van der Waals surface area contributed by atoms with Gasteiger partial charge in [-0.05, 0) is 47.9 Å². The molecule has 1 unspecified atom stereocenters. The number of benzene rings is 3. The first-order chi connectivity index (χ1) is 11.7. The molecule has 3 nitrogen and oxygen atoms in total. The molecule has 0 saturated carbocycles. The summed E-state index contributed by atoms with van der Waals surface area (Å²) in [7, 11) is 0. The van der Waals surface area contributed by atoms with Crippen LogP contribution in [0.25, 0.3) is 27.8 Å². The maximum absolute atomic E-state index is 5.97. The number of nitrogens with zero attached hydrogens (tertiary/aromatic N) is 2. The highest BCUT2D eigenvalue weighted by atomic mass is 15.0. The minimum atomic E-state index is 0.0148. The third-order valence-electron chi connectivity index (χ3n) is 4.33. The summed E-state index contributed by atoms with van der Waals surface area (Å²) in [5, 5.41) is 0. The lowest BCUT2D eigenvalue weighted by Crippen LogP contribution is -2.04. The zero-order chi connectivity index (χ0) is 16.5. The van der Waals surface area contributed by atoms with Crippen molar-refractivity contribution < 1.29 is 0 Å². The third-order valence-corrected chi connectivity index (χ3v) is 4.33. The fraction of sp³-hybridized carbons (Fsp3) is 0.0952. The average Bonchev–Trinajstić information content (AvgIpc) is 3.06. The Hall–Kier alpha value is -2.91. The second kappa shape index (κ2) is 5.95. The van der Waals surface area contributed by atoms with Crippen molar-refractivity contribution in [1.29, 1.82) is 0 Å². The highest BCUT2D eigenvalue weighted by molar-refractivity contribution is 5.79. The number of aromatic nitrogens is 2. The van der Waals surface area contributed by atoms with E-state index in [1.165, 1.54) is 11.1 Å². The predicted molar refractivity (Wildman–Crippen MR) is 99.1 cm³/mol. The van der Waals surface area contributed by atoms with Crippen molar-refractivity contribution in [3.05, 3.63) is 84.7 Å². The topological polar surface area (TPSA) is 43.8 Å². The Labute approximate surface area is 141 Å². The van der Waals surface area contributed by atoms with Crippen LogP contribution >= 0.6 is 0 Å². The number of fused-ring (bicyclic) bond motifs is 1. The molecule has 0 radical (unpaired) electrons. The van der Waals surface area contributed by atoms with Gasteiger partial charge in [0.15, 0.2) is 0 Å². The maximum Gasteiger partial charge on any atom is 0.100 e. The van der Waals surface area contributed by atoms with Crippen molar-refractivity contribution in [3.8, 4) is 16.8 Å². The lowest BCUT2D eigenvalue weighted by Gasteiger charge is -2.09. The van der Waals surface area contributed by atoms with E-state index in [1.54, 1.807) is 0 Å². The minimum Gasteiger partial charge on any atom is -0.324 e. The Morgan fingerprint density at radius 2 is 1.67 bits per heavy atom. The number of hydrogen-bond acceptors (Lipinski definition) is 2. The molecule has 0 fully saturated rings. The summed E-state index contributed by atoms with van der Waals surface area (Å²) in [5.41, 5.74) is 12.6. The lowest BCUT2D eigenvalue weighted by molar-refractivity contribution is 0.819. The van der Waals surface area contributed by atoms with Crippen LogP contribution in [0.2, 0.25) is 0 Å². The van der Waals surface area contributed by atoms with Crippen molar-refractivity contribution >= 4 is 11.0 Å². The minimum absolute atomic E-state index is 0.0148. The van der Waals surface area contributed by atoms with Gasteiger partial charge in [0.05, 0.1) is 11.0 Å². The first kappa shape index (κ1) is 14.7. The quantitative estimate of drug-likeness (QED) is 0.595. The summed E-state index contributed by atoms with van der Waals surface area (Å²) < 4.78 is 2.12. The Morgan fingerprint density at radius 3 is 2.46 bits per heavy atom. The molecule has 4 rings (SSSR count). The fourth-order valence-electron chi connectivity index (χ4n) is 2.98. The lowest BCUT2D eigenvalue weighted by atomic mass is 10.1. The Morgan fingerprint density at radius 1 is 0.875 bits per heavy atom. The summed E-state index contributed by atoms with van der Waals surface area (Å²) in [5.74, 6) is 0. The molecule has 0 amide bonds. The van der Waals surface area contributed by atoms with Crippen LogP contribution < -0.4 is 5.73 Å². The number of nitrogens with two attached hydrogens (primary N) is 1. The summed E-state index contributed by atoms with van der Waals surface area (Å²) in [6.07, 6.45) is 1.87. The zero-order valence-electron chi connectivity index (χ0n) is 13.6. The van der Waals surface area contributed by atoms with Crippen LogP contribution in [0.15, 0.2) is 79.1 Å². The van der Waals surface area contributed by atoms with E-state index in [-0.39, 0.29) is 6.04 Å². The van der Waals surface area contributed by atoms with Crippen molar-refractivity contribution in [2.24, 2.45) is 5.73 Å². The highest BCUT2D eigenvalue weighted by Gasteiger charge is 2.08. The van der Waals surface area contributed by atoms with Crippen LogP contribution in [-0.2, 0) is 0 Å². The number of rotatable bonds is 3. The average molecular weight is 313 g/mol. The molecule has 1 atom stereocenters. The van der Waals surface area contributed by atoms with E-state index in [0.29, 0.717) is 0 Å². The number of imidazole rings is 1. The van der Waals surface area contributed by atoms with Gasteiger partial charge in [-0.3, -0.25) is 4.57 Å². The van der Waals surface area contributed by atoms with E-state index in [2.05, 4.69) is 76.3 Å². The molecule has 0 aliphatic heterocycles. The second-order valence-corrected chi connectivity index (χ2v) is 6.07. The van der Waals surface area contributed by atoms with Crippen LogP contribution in [0.3, 0.4) is 0 Å². The summed E-state index contributed by atoms with van der Waals surface area (Å²) >= 11 is 0. The van der Waals surface area contributed by atoms with Crippen molar-refractivity contribution in [2.45, 2.75) is 13.0 Å². The largest absolute Gasteiger partial charge is 0.324 e. The summed E-state index contributed by atoms with van der Waals surface area (Å²) in [6.45, 7) is 1.99. The van der Waals surface area contributed by atoms with Crippen LogP contribution in [0.5, 0.6) is 0 Å². The predicted octanol–water partition coefficient (Wildman–Crippen LogP) is 4.71. The van der Waals surface area contributed by atoms with E-state index < -0.39 is 0 Å². The van der Waals surface area contributed by atoms with Crippen molar-refractivity contribution in [2.75, 3.05) is 0 Å². The van der Waals surface area contributed by atoms with Crippen molar-refractivity contribution in [1.82, 2.24) is 9.55 Å². The molecule has 118 valence electrons. The summed E-state index contributed by atoms with van der Waals surface area (Å²) in [6, 6.07) is 25.2. The van der Waals surface area contributed by atoms with Crippen molar-refractivity contribution in [3.63, 3.8) is 0 Å². The van der Waals surface area contributed by atoms with Gasteiger partial charge in [0.1, 0.15) is 6.33 Å². The van der Waals surface area contributed by atoms with Crippen LogP contribution in [-0.4, -0.2) is 9.55 Å².